The molecule has 5 rings (SSSR count). The molecule has 1 fully saturated rings. The Morgan fingerprint density at radius 2 is 1.78 bits per heavy atom. The van der Waals surface area contributed by atoms with Crippen molar-refractivity contribution in [2.45, 2.75) is 38.8 Å². The van der Waals surface area contributed by atoms with Crippen LogP contribution in [0.2, 0.25) is 0 Å². The van der Waals surface area contributed by atoms with Crippen molar-refractivity contribution in [3.63, 3.8) is 0 Å². The van der Waals surface area contributed by atoms with Gasteiger partial charge in [-0.1, -0.05) is 18.2 Å². The summed E-state index contributed by atoms with van der Waals surface area (Å²) in [6, 6.07) is 8.23. The molecule has 6 nitrogen and oxygen atoms in total. The second-order valence-corrected chi connectivity index (χ2v) is 6.99. The third-order valence-electron chi connectivity index (χ3n) is 5.33. The second-order valence-electron chi connectivity index (χ2n) is 6.99. The number of carbonyl (C=O) groups excluding carboxylic acids is 3. The van der Waals surface area contributed by atoms with Crippen molar-refractivity contribution in [1.29, 1.82) is 0 Å². The van der Waals surface area contributed by atoms with Crippen LogP contribution in [-0.2, 0) is 20.7 Å². The molecule has 1 heterocycles. The lowest BCUT2D eigenvalue weighted by Gasteiger charge is -2.22. The molecule has 3 aliphatic rings. The van der Waals surface area contributed by atoms with Gasteiger partial charge in [0.2, 0.25) is 0 Å². The number of benzene rings is 2. The topological polar surface area (TPSA) is 78.9 Å². The molecule has 0 N–H and O–H groups in total. The fraction of sp³-hybridized carbons (Fsp3) is 0.286. The highest BCUT2D eigenvalue weighted by molar-refractivity contribution is 6.30. The highest BCUT2D eigenvalue weighted by Crippen LogP contribution is 2.46. The largest absolute Gasteiger partial charge is 0.426 e. The lowest BCUT2D eigenvalue weighted by Crippen LogP contribution is -2.24. The molecule has 0 saturated carbocycles. The van der Waals surface area contributed by atoms with Crippen LogP contribution in [0.25, 0.3) is 0 Å². The summed E-state index contributed by atoms with van der Waals surface area (Å²) < 4.78 is 16.8. The maximum Gasteiger partial charge on any atom is 0.308 e. The van der Waals surface area contributed by atoms with Gasteiger partial charge in [-0.05, 0) is 30.2 Å². The van der Waals surface area contributed by atoms with Gasteiger partial charge in [-0.25, -0.2) is 0 Å². The summed E-state index contributed by atoms with van der Waals surface area (Å²) in [7, 11) is 0. The van der Waals surface area contributed by atoms with E-state index in [-0.39, 0.29) is 46.9 Å². The number of hydrogen-bond donors (Lipinski definition) is 0. The summed E-state index contributed by atoms with van der Waals surface area (Å²) in [5.74, 6) is -0.980. The van der Waals surface area contributed by atoms with Gasteiger partial charge in [0.25, 0.3) is 0 Å². The zero-order valence-corrected chi connectivity index (χ0v) is 14.8. The molecule has 0 radical (unpaired) electrons. The Morgan fingerprint density at radius 1 is 1.04 bits per heavy atom. The molecule has 1 aliphatic heterocycles. The van der Waals surface area contributed by atoms with Gasteiger partial charge in [0.15, 0.2) is 17.9 Å². The molecular weight excluding hydrogens is 348 g/mol. The molecule has 2 aliphatic carbocycles. The van der Waals surface area contributed by atoms with E-state index in [4.69, 9.17) is 14.2 Å². The van der Waals surface area contributed by atoms with Crippen LogP contribution in [0.5, 0.6) is 5.75 Å². The Bertz CT molecular complexity index is 1040. The quantitative estimate of drug-likeness (QED) is 0.488. The maximum absolute atomic E-state index is 13.3. The molecule has 1 saturated heterocycles. The van der Waals surface area contributed by atoms with Crippen LogP contribution in [0.3, 0.4) is 0 Å². The predicted molar refractivity (Wildman–Crippen MR) is 92.9 cm³/mol. The minimum absolute atomic E-state index is 0.113. The highest BCUT2D eigenvalue weighted by Gasteiger charge is 2.45. The molecule has 2 aromatic carbocycles. The summed E-state index contributed by atoms with van der Waals surface area (Å²) in [4.78, 5) is 37.8. The Hall–Kier alpha value is -2.83. The number of rotatable bonds is 1. The van der Waals surface area contributed by atoms with E-state index in [1.807, 2.05) is 13.0 Å². The Labute approximate surface area is 155 Å². The van der Waals surface area contributed by atoms with Crippen molar-refractivity contribution < 1.29 is 28.6 Å². The monoisotopic (exact) mass is 364 g/mol. The van der Waals surface area contributed by atoms with Crippen LogP contribution in [0.4, 0.5) is 0 Å². The smallest absolute Gasteiger partial charge is 0.308 e. The normalized spacial score (nSPS) is 24.9. The number of ether oxygens (including phenoxy) is 3. The van der Waals surface area contributed by atoms with Gasteiger partial charge in [0, 0.05) is 30.0 Å². The lowest BCUT2D eigenvalue weighted by atomic mass is 9.80. The molecule has 0 aromatic heterocycles. The lowest BCUT2D eigenvalue weighted by molar-refractivity contribution is -0.131. The van der Waals surface area contributed by atoms with Crippen molar-refractivity contribution in [3.8, 4) is 5.75 Å². The van der Waals surface area contributed by atoms with Crippen LogP contribution in [-0.4, -0.2) is 29.9 Å². The Kier molecular flexibility index (Phi) is 3.38. The average Bonchev–Trinajstić information content (AvgIpc) is 3.14. The first kappa shape index (κ1) is 16.4. The first-order chi connectivity index (χ1) is 13.0. The van der Waals surface area contributed by atoms with Gasteiger partial charge >= 0.3 is 5.97 Å². The molecule has 27 heavy (non-hydrogen) atoms. The third kappa shape index (κ3) is 2.23. The van der Waals surface area contributed by atoms with Gasteiger partial charge in [0.1, 0.15) is 11.9 Å². The number of carbonyl (C=O) groups is 3. The van der Waals surface area contributed by atoms with Crippen molar-refractivity contribution in [2.75, 3.05) is 0 Å². The van der Waals surface area contributed by atoms with Gasteiger partial charge in [-0.15, -0.1) is 0 Å². The minimum Gasteiger partial charge on any atom is -0.426 e. The Balaban J connectivity index is 1.67. The summed E-state index contributed by atoms with van der Waals surface area (Å²) in [5, 5.41) is 0. The maximum atomic E-state index is 13.3. The molecular formula is C21H16O6. The van der Waals surface area contributed by atoms with Gasteiger partial charge in [-0.3, -0.25) is 14.4 Å². The predicted octanol–water partition coefficient (Wildman–Crippen LogP) is 2.75. The SMILES string of the molecule is CC(=O)Oc1cccc2c1C(=O)c1ccc3c(c1C2=O)CC1OC(C)OC31. The van der Waals surface area contributed by atoms with Crippen LogP contribution >= 0.6 is 0 Å². The minimum atomic E-state index is -0.542. The van der Waals surface area contributed by atoms with Crippen LogP contribution in [0.1, 0.15) is 62.9 Å². The van der Waals surface area contributed by atoms with Gasteiger partial charge in [0.05, 0.1) is 11.7 Å². The molecule has 2 aromatic rings. The average molecular weight is 364 g/mol. The van der Waals surface area contributed by atoms with Crippen molar-refractivity contribution in [3.05, 3.63) is 63.7 Å². The third-order valence-corrected chi connectivity index (χ3v) is 5.33. The van der Waals surface area contributed by atoms with E-state index in [0.29, 0.717) is 17.5 Å². The van der Waals surface area contributed by atoms with Crippen LogP contribution in [0, 0.1) is 0 Å². The summed E-state index contributed by atoms with van der Waals surface area (Å²) in [6.45, 7) is 3.10. The highest BCUT2D eigenvalue weighted by atomic mass is 16.7. The summed E-state index contributed by atoms with van der Waals surface area (Å²) in [5.41, 5.74) is 2.87. The summed E-state index contributed by atoms with van der Waals surface area (Å²) in [6.07, 6.45) is -0.102. The fourth-order valence-corrected chi connectivity index (χ4v) is 4.34. The van der Waals surface area contributed by atoms with E-state index < -0.39 is 5.97 Å². The van der Waals surface area contributed by atoms with E-state index in [2.05, 4.69) is 0 Å². The molecule has 3 atom stereocenters. The first-order valence-electron chi connectivity index (χ1n) is 8.83. The van der Waals surface area contributed by atoms with E-state index in [0.717, 1.165) is 11.1 Å². The number of fused-ring (bicyclic) bond motifs is 6. The molecule has 0 bridgehead atoms. The van der Waals surface area contributed by atoms with E-state index in [1.165, 1.54) is 13.0 Å². The van der Waals surface area contributed by atoms with Gasteiger partial charge < -0.3 is 14.2 Å². The number of hydrogen-bond acceptors (Lipinski definition) is 6. The molecule has 6 heteroatoms. The number of esters is 1. The standard InChI is InChI=1S/C21H16O6/c1-9(22)25-15-5-3-4-12-18(15)20(24)13-7-6-11-14(17(13)19(12)23)8-16-21(11)27-10(2)26-16/h3-7,10,16,21H,8H2,1-2H3. The number of ketones is 2. The van der Waals surface area contributed by atoms with Crippen molar-refractivity contribution in [2.24, 2.45) is 0 Å². The zero-order chi connectivity index (χ0) is 18.9. The summed E-state index contributed by atoms with van der Waals surface area (Å²) >= 11 is 0. The molecule has 0 amide bonds. The van der Waals surface area contributed by atoms with E-state index in [1.54, 1.807) is 18.2 Å². The Morgan fingerprint density at radius 3 is 2.56 bits per heavy atom. The van der Waals surface area contributed by atoms with E-state index in [9.17, 15) is 14.4 Å². The molecule has 3 unspecified atom stereocenters. The second kappa shape index (κ2) is 5.58. The van der Waals surface area contributed by atoms with Crippen molar-refractivity contribution >= 4 is 17.5 Å². The van der Waals surface area contributed by atoms with Crippen molar-refractivity contribution in [1.82, 2.24) is 0 Å². The molecule has 136 valence electrons. The van der Waals surface area contributed by atoms with E-state index >= 15 is 0 Å². The van der Waals surface area contributed by atoms with Gasteiger partial charge in [-0.2, -0.15) is 0 Å². The fourth-order valence-electron chi connectivity index (χ4n) is 4.34. The van der Waals surface area contributed by atoms with Crippen LogP contribution < -0.4 is 4.74 Å². The first-order valence-corrected chi connectivity index (χ1v) is 8.83. The zero-order valence-electron chi connectivity index (χ0n) is 14.8. The van der Waals surface area contributed by atoms with Crippen LogP contribution in [0.15, 0.2) is 30.3 Å². The molecule has 0 spiro atoms.